The molecule has 3 fully saturated rings. The molecule has 3 rings (SSSR count). The SMILES string of the molecule is CC[C@H]1CC[C@H](C2CCC(C3CCCC(C#N)C3)CC2)CC1. The second-order valence-corrected chi connectivity index (χ2v) is 8.62. The fourth-order valence-electron chi connectivity index (χ4n) is 5.93. The Morgan fingerprint density at radius 2 is 1.27 bits per heavy atom. The van der Waals surface area contributed by atoms with E-state index in [0.29, 0.717) is 5.92 Å². The van der Waals surface area contributed by atoms with E-state index in [9.17, 15) is 5.26 Å². The number of hydrogen-bond donors (Lipinski definition) is 0. The number of hydrogen-bond acceptors (Lipinski definition) is 1. The van der Waals surface area contributed by atoms with E-state index in [2.05, 4.69) is 13.0 Å². The fraction of sp³-hybridized carbons (Fsp3) is 0.952. The summed E-state index contributed by atoms with van der Waals surface area (Å²) >= 11 is 0. The molecule has 3 aliphatic rings. The Labute approximate surface area is 137 Å². The lowest BCUT2D eigenvalue weighted by Crippen LogP contribution is -2.30. The minimum Gasteiger partial charge on any atom is -0.198 e. The molecule has 0 heterocycles. The van der Waals surface area contributed by atoms with Crippen LogP contribution in [0.5, 0.6) is 0 Å². The smallest absolute Gasteiger partial charge is 0.0655 e. The fourth-order valence-corrected chi connectivity index (χ4v) is 5.93. The van der Waals surface area contributed by atoms with Crippen molar-refractivity contribution in [2.24, 2.45) is 35.5 Å². The van der Waals surface area contributed by atoms with Gasteiger partial charge in [0.05, 0.1) is 6.07 Å². The minimum atomic E-state index is 0.376. The molecule has 0 aromatic rings. The topological polar surface area (TPSA) is 23.8 Å². The largest absolute Gasteiger partial charge is 0.198 e. The van der Waals surface area contributed by atoms with Crippen LogP contribution < -0.4 is 0 Å². The van der Waals surface area contributed by atoms with Gasteiger partial charge in [-0.3, -0.25) is 0 Å². The maximum Gasteiger partial charge on any atom is 0.0655 e. The van der Waals surface area contributed by atoms with E-state index in [-0.39, 0.29) is 0 Å². The van der Waals surface area contributed by atoms with Gasteiger partial charge in [-0.05, 0) is 81.0 Å². The summed E-state index contributed by atoms with van der Waals surface area (Å²) in [4.78, 5) is 0. The van der Waals surface area contributed by atoms with Crippen molar-refractivity contribution in [2.75, 3.05) is 0 Å². The van der Waals surface area contributed by atoms with Gasteiger partial charge in [0.25, 0.3) is 0 Å². The van der Waals surface area contributed by atoms with Crippen molar-refractivity contribution in [1.82, 2.24) is 0 Å². The third-order valence-electron chi connectivity index (χ3n) is 7.52. The Morgan fingerprint density at radius 3 is 1.82 bits per heavy atom. The highest BCUT2D eigenvalue weighted by atomic mass is 14.4. The normalized spacial score (nSPS) is 43.5. The van der Waals surface area contributed by atoms with Crippen LogP contribution >= 0.6 is 0 Å². The van der Waals surface area contributed by atoms with Crippen LogP contribution in [0.3, 0.4) is 0 Å². The first-order chi connectivity index (χ1) is 10.8. The molecule has 0 bridgehead atoms. The standard InChI is InChI=1S/C21H35N/c1-2-16-6-8-18(9-7-16)19-10-12-20(13-11-19)21-5-3-4-17(14-21)15-22/h16-21H,2-14H2,1H3/t16-,17?,18-,19?,20?,21?. The van der Waals surface area contributed by atoms with E-state index < -0.39 is 0 Å². The molecule has 1 heteroatoms. The van der Waals surface area contributed by atoms with Gasteiger partial charge in [-0.1, -0.05) is 39.0 Å². The molecule has 22 heavy (non-hydrogen) atoms. The molecule has 0 N–H and O–H groups in total. The van der Waals surface area contributed by atoms with E-state index in [1.54, 1.807) is 0 Å². The summed E-state index contributed by atoms with van der Waals surface area (Å²) in [5.74, 6) is 5.36. The van der Waals surface area contributed by atoms with Crippen molar-refractivity contribution in [1.29, 1.82) is 5.26 Å². The molecule has 0 aliphatic heterocycles. The molecule has 0 spiro atoms. The lowest BCUT2D eigenvalue weighted by molar-refractivity contribution is 0.106. The highest BCUT2D eigenvalue weighted by Crippen LogP contribution is 2.46. The average molecular weight is 302 g/mol. The first-order valence-corrected chi connectivity index (χ1v) is 10.2. The highest BCUT2D eigenvalue weighted by Gasteiger charge is 2.34. The minimum absolute atomic E-state index is 0.376. The van der Waals surface area contributed by atoms with Crippen molar-refractivity contribution in [2.45, 2.75) is 90.4 Å². The third kappa shape index (κ3) is 3.87. The van der Waals surface area contributed by atoms with Gasteiger partial charge < -0.3 is 0 Å². The van der Waals surface area contributed by atoms with E-state index in [0.717, 1.165) is 29.6 Å². The third-order valence-corrected chi connectivity index (χ3v) is 7.52. The van der Waals surface area contributed by atoms with E-state index >= 15 is 0 Å². The number of rotatable bonds is 3. The van der Waals surface area contributed by atoms with Gasteiger partial charge >= 0.3 is 0 Å². The van der Waals surface area contributed by atoms with Crippen molar-refractivity contribution in [3.05, 3.63) is 0 Å². The quantitative estimate of drug-likeness (QED) is 0.596. The van der Waals surface area contributed by atoms with Crippen molar-refractivity contribution >= 4 is 0 Å². The van der Waals surface area contributed by atoms with Gasteiger partial charge in [-0.2, -0.15) is 5.26 Å². The van der Waals surface area contributed by atoms with Crippen LogP contribution in [0.25, 0.3) is 0 Å². The summed E-state index contributed by atoms with van der Waals surface area (Å²) in [6.45, 7) is 2.37. The summed E-state index contributed by atoms with van der Waals surface area (Å²) in [5, 5.41) is 9.21. The Morgan fingerprint density at radius 1 is 0.727 bits per heavy atom. The average Bonchev–Trinajstić information content (AvgIpc) is 2.62. The number of nitriles is 1. The summed E-state index contributed by atoms with van der Waals surface area (Å²) in [6.07, 6.45) is 18.5. The molecule has 1 nitrogen and oxygen atoms in total. The Hall–Kier alpha value is -0.510. The predicted molar refractivity (Wildman–Crippen MR) is 92.2 cm³/mol. The van der Waals surface area contributed by atoms with Crippen LogP contribution in [0.2, 0.25) is 0 Å². The molecule has 0 saturated heterocycles. The first-order valence-electron chi connectivity index (χ1n) is 10.2. The molecule has 3 saturated carbocycles. The highest BCUT2D eigenvalue weighted by molar-refractivity contribution is 4.91. The van der Waals surface area contributed by atoms with Gasteiger partial charge in [0, 0.05) is 5.92 Å². The van der Waals surface area contributed by atoms with Crippen LogP contribution in [0.1, 0.15) is 90.4 Å². The van der Waals surface area contributed by atoms with Gasteiger partial charge in [-0.15, -0.1) is 0 Å². The van der Waals surface area contributed by atoms with Gasteiger partial charge in [0.2, 0.25) is 0 Å². The monoisotopic (exact) mass is 301 g/mol. The van der Waals surface area contributed by atoms with Crippen molar-refractivity contribution < 1.29 is 0 Å². The van der Waals surface area contributed by atoms with E-state index in [1.807, 2.05) is 0 Å². The lowest BCUT2D eigenvalue weighted by atomic mass is 9.65. The Balaban J connectivity index is 1.44. The molecule has 0 aromatic heterocycles. The summed E-state index contributed by atoms with van der Waals surface area (Å²) < 4.78 is 0. The molecule has 3 aliphatic carbocycles. The van der Waals surface area contributed by atoms with Crippen LogP contribution in [-0.2, 0) is 0 Å². The molecular formula is C21H35N. The van der Waals surface area contributed by atoms with Crippen LogP contribution in [-0.4, -0.2) is 0 Å². The summed E-state index contributed by atoms with van der Waals surface area (Å²) in [5.41, 5.74) is 0. The number of nitrogens with zero attached hydrogens (tertiary/aromatic N) is 1. The van der Waals surface area contributed by atoms with Crippen molar-refractivity contribution in [3.63, 3.8) is 0 Å². The Kier molecular flexibility index (Phi) is 5.83. The molecule has 124 valence electrons. The summed E-state index contributed by atoms with van der Waals surface area (Å²) in [6, 6.07) is 2.54. The van der Waals surface area contributed by atoms with E-state index in [4.69, 9.17) is 0 Å². The first kappa shape index (κ1) is 16.4. The van der Waals surface area contributed by atoms with Gasteiger partial charge in [0.15, 0.2) is 0 Å². The Bertz CT molecular complexity index is 366. The molecule has 0 amide bonds. The zero-order valence-electron chi connectivity index (χ0n) is 14.6. The lowest BCUT2D eigenvalue weighted by Gasteiger charge is -2.41. The second-order valence-electron chi connectivity index (χ2n) is 8.62. The maximum atomic E-state index is 9.21. The molecule has 2 atom stereocenters. The van der Waals surface area contributed by atoms with Gasteiger partial charge in [-0.25, -0.2) is 0 Å². The molecular weight excluding hydrogens is 266 g/mol. The van der Waals surface area contributed by atoms with E-state index in [1.165, 1.54) is 83.5 Å². The second kappa shape index (κ2) is 7.85. The predicted octanol–water partition coefficient (Wildman–Crippen LogP) is 6.34. The molecule has 2 unspecified atom stereocenters. The molecule has 0 aromatic carbocycles. The van der Waals surface area contributed by atoms with Crippen LogP contribution in [0, 0.1) is 46.8 Å². The zero-order chi connectivity index (χ0) is 15.4. The zero-order valence-corrected chi connectivity index (χ0v) is 14.6. The van der Waals surface area contributed by atoms with Crippen LogP contribution in [0.15, 0.2) is 0 Å². The summed E-state index contributed by atoms with van der Waals surface area (Å²) in [7, 11) is 0. The van der Waals surface area contributed by atoms with Gasteiger partial charge in [0.1, 0.15) is 0 Å². The maximum absolute atomic E-state index is 9.21. The molecule has 0 radical (unpaired) electrons. The van der Waals surface area contributed by atoms with Crippen molar-refractivity contribution in [3.8, 4) is 6.07 Å². The van der Waals surface area contributed by atoms with Crippen LogP contribution in [0.4, 0.5) is 0 Å².